The van der Waals surface area contributed by atoms with Crippen molar-refractivity contribution < 1.29 is 0 Å². The topological polar surface area (TPSA) is 0 Å². The zero-order valence-corrected chi connectivity index (χ0v) is 26.6. The van der Waals surface area contributed by atoms with Crippen LogP contribution in [0.25, 0.3) is 0 Å². The Hall–Kier alpha value is -1.48. The number of hydrogen-bond donors (Lipinski definition) is 0. The molecular formula is C34H48P2. The fraction of sp³-hybridized carbons (Fsp3) is 0.471. The van der Waals surface area contributed by atoms with E-state index in [9.17, 15) is 0 Å². The molecule has 0 nitrogen and oxygen atoms in total. The fourth-order valence-electron chi connectivity index (χ4n) is 5.71. The fourth-order valence-corrected chi connectivity index (χ4v) is 8.73. The molecule has 0 aliphatic carbocycles. The molecule has 36 heavy (non-hydrogen) atoms. The van der Waals surface area contributed by atoms with Gasteiger partial charge in [-0.05, 0) is 76.4 Å². The number of hydrogen-bond acceptors (Lipinski definition) is 0. The normalized spacial score (nSPS) is 13.4. The van der Waals surface area contributed by atoms with Crippen molar-refractivity contribution in [1.29, 1.82) is 0 Å². The van der Waals surface area contributed by atoms with E-state index in [2.05, 4.69) is 152 Å². The summed E-state index contributed by atoms with van der Waals surface area (Å²) in [5.74, 6) is 0. The molecule has 0 spiro atoms. The number of rotatable bonds is 5. The zero-order valence-electron chi connectivity index (χ0n) is 24.6. The minimum atomic E-state index is -0.561. The summed E-state index contributed by atoms with van der Waals surface area (Å²) in [5, 5.41) is 2.91. The van der Waals surface area contributed by atoms with Crippen molar-refractivity contribution in [2.24, 2.45) is 10.8 Å². The van der Waals surface area contributed by atoms with Gasteiger partial charge in [0.1, 0.15) is 0 Å². The molecule has 1 unspecified atom stereocenters. The summed E-state index contributed by atoms with van der Waals surface area (Å²) in [6.07, 6.45) is 1.05. The van der Waals surface area contributed by atoms with E-state index in [0.717, 1.165) is 6.16 Å². The van der Waals surface area contributed by atoms with Crippen LogP contribution in [0.15, 0.2) is 66.7 Å². The molecule has 0 amide bonds. The number of aryl methyl sites for hydroxylation is 2. The van der Waals surface area contributed by atoms with Crippen molar-refractivity contribution in [3.63, 3.8) is 0 Å². The zero-order chi connectivity index (χ0) is 27.1. The van der Waals surface area contributed by atoms with Crippen LogP contribution in [0, 0.1) is 24.7 Å². The summed E-state index contributed by atoms with van der Waals surface area (Å²) in [6, 6.07) is 25.4. The summed E-state index contributed by atoms with van der Waals surface area (Å²) in [7, 11) is 2.79. The monoisotopic (exact) mass is 518 g/mol. The molecule has 0 saturated carbocycles. The van der Waals surface area contributed by atoms with Crippen LogP contribution in [-0.4, -0.2) is 0 Å². The second-order valence-corrected chi connectivity index (χ2v) is 16.6. The van der Waals surface area contributed by atoms with E-state index >= 15 is 0 Å². The lowest BCUT2D eigenvalue weighted by Gasteiger charge is -2.52. The molecule has 3 aromatic carbocycles. The van der Waals surface area contributed by atoms with E-state index in [-0.39, 0.29) is 21.4 Å². The van der Waals surface area contributed by atoms with Crippen LogP contribution in [0.5, 0.6) is 0 Å². The van der Waals surface area contributed by atoms with E-state index in [1.807, 2.05) is 0 Å². The van der Waals surface area contributed by atoms with Crippen molar-refractivity contribution in [1.82, 2.24) is 0 Å². The van der Waals surface area contributed by atoms with Gasteiger partial charge in [0.25, 0.3) is 0 Å². The van der Waals surface area contributed by atoms with Crippen LogP contribution < -0.4 is 10.6 Å². The Bertz CT molecular complexity index is 1140. The van der Waals surface area contributed by atoms with Gasteiger partial charge in [0.05, 0.1) is 0 Å². The van der Waals surface area contributed by atoms with Crippen molar-refractivity contribution in [3.8, 4) is 0 Å². The van der Waals surface area contributed by atoms with Gasteiger partial charge in [-0.15, -0.1) is 9.24 Å². The third kappa shape index (κ3) is 5.66. The largest absolute Gasteiger partial charge is 0.125 e. The maximum atomic E-state index is 3.35. The molecule has 3 aromatic rings. The van der Waals surface area contributed by atoms with Crippen molar-refractivity contribution in [2.45, 2.75) is 92.9 Å². The van der Waals surface area contributed by atoms with Gasteiger partial charge in [0, 0.05) is 11.3 Å². The van der Waals surface area contributed by atoms with Crippen molar-refractivity contribution in [3.05, 3.63) is 94.5 Å². The highest BCUT2D eigenvalue weighted by atomic mass is 31.1. The Morgan fingerprint density at radius 1 is 0.639 bits per heavy atom. The molecule has 0 aromatic heterocycles. The van der Waals surface area contributed by atoms with Gasteiger partial charge in [-0.25, -0.2) is 0 Å². The van der Waals surface area contributed by atoms with Crippen molar-refractivity contribution in [2.75, 3.05) is 0 Å². The Morgan fingerprint density at radius 3 is 1.47 bits per heavy atom. The first-order valence-electron chi connectivity index (χ1n) is 13.3. The van der Waals surface area contributed by atoms with Gasteiger partial charge in [0.15, 0.2) is 0 Å². The van der Waals surface area contributed by atoms with E-state index in [1.54, 1.807) is 0 Å². The molecule has 0 fully saturated rings. The lowest BCUT2D eigenvalue weighted by atomic mass is 9.61. The van der Waals surface area contributed by atoms with Crippen LogP contribution in [-0.2, 0) is 16.7 Å². The molecule has 0 aliphatic heterocycles. The van der Waals surface area contributed by atoms with Crippen LogP contribution in [0.2, 0.25) is 0 Å². The van der Waals surface area contributed by atoms with Gasteiger partial charge in [-0.3, -0.25) is 0 Å². The molecule has 1 atom stereocenters. The summed E-state index contributed by atoms with van der Waals surface area (Å²) < 4.78 is 0. The van der Waals surface area contributed by atoms with Crippen LogP contribution in [0.4, 0.5) is 0 Å². The molecule has 0 aliphatic rings. The molecular weight excluding hydrogens is 470 g/mol. The molecule has 2 heteroatoms. The second kappa shape index (κ2) is 10.4. The average molecular weight is 519 g/mol. The van der Waals surface area contributed by atoms with Gasteiger partial charge in [-0.2, -0.15) is 0 Å². The molecule has 0 radical (unpaired) electrons. The van der Waals surface area contributed by atoms with E-state index in [1.165, 1.54) is 38.4 Å². The maximum absolute atomic E-state index is 3.35. The maximum Gasteiger partial charge on any atom is 0.0196 e. The quantitative estimate of drug-likeness (QED) is 0.295. The van der Waals surface area contributed by atoms with Gasteiger partial charge >= 0.3 is 0 Å². The third-order valence-electron chi connectivity index (χ3n) is 7.90. The standard InChI is InChI=1S/C34H48P2/c1-24-16-12-14-18-29(24)36(30-19-15-13-17-25(30)2)23-26-22-27(31(3,4)5)20-21-28(26)34(35,32(6,7)8)33(9,10)11/h12-22H,23,35H2,1-11H3. The van der Waals surface area contributed by atoms with Crippen LogP contribution >= 0.6 is 17.2 Å². The predicted molar refractivity (Wildman–Crippen MR) is 168 cm³/mol. The van der Waals surface area contributed by atoms with Crippen LogP contribution in [0.3, 0.4) is 0 Å². The lowest BCUT2D eigenvalue weighted by Crippen LogP contribution is -2.46. The molecule has 0 N–H and O–H groups in total. The Balaban J connectivity index is 2.35. The molecule has 0 bridgehead atoms. The summed E-state index contributed by atoms with van der Waals surface area (Å²) in [6.45, 7) is 26.0. The molecule has 0 heterocycles. The van der Waals surface area contributed by atoms with Gasteiger partial charge in [0.2, 0.25) is 0 Å². The first kappa shape index (κ1) is 29.1. The minimum absolute atomic E-state index is 0.0714. The first-order valence-corrected chi connectivity index (χ1v) is 15.4. The van der Waals surface area contributed by atoms with E-state index in [4.69, 9.17) is 0 Å². The lowest BCUT2D eigenvalue weighted by molar-refractivity contribution is 0.139. The Labute approximate surface area is 225 Å². The SMILES string of the molecule is Cc1ccccc1P(Cc1cc(C(C)(C)C)ccc1C(P)(C(C)(C)C)C(C)(C)C)c1ccccc1C. The highest BCUT2D eigenvalue weighted by Crippen LogP contribution is 2.59. The highest BCUT2D eigenvalue weighted by Gasteiger charge is 2.49. The first-order chi connectivity index (χ1) is 16.5. The predicted octanol–water partition coefficient (Wildman–Crippen LogP) is 9.40. The third-order valence-corrected chi connectivity index (χ3v) is 12.8. The smallest absolute Gasteiger partial charge is 0.0196 e. The summed E-state index contributed by atoms with van der Waals surface area (Å²) in [4.78, 5) is 0. The number of benzene rings is 3. The van der Waals surface area contributed by atoms with E-state index in [0.29, 0.717) is 0 Å². The minimum Gasteiger partial charge on any atom is -0.125 e. The summed E-state index contributed by atoms with van der Waals surface area (Å²) in [5.41, 5.74) is 7.43. The second-order valence-electron chi connectivity index (χ2n) is 13.6. The van der Waals surface area contributed by atoms with Gasteiger partial charge in [-0.1, -0.05) is 129 Å². The van der Waals surface area contributed by atoms with E-state index < -0.39 is 7.92 Å². The van der Waals surface area contributed by atoms with Crippen molar-refractivity contribution >= 4 is 27.8 Å². The Kier molecular flexibility index (Phi) is 8.36. The van der Waals surface area contributed by atoms with Crippen LogP contribution in [0.1, 0.15) is 90.1 Å². The highest BCUT2D eigenvalue weighted by molar-refractivity contribution is 7.72. The van der Waals surface area contributed by atoms with Gasteiger partial charge < -0.3 is 0 Å². The Morgan fingerprint density at radius 2 is 1.08 bits per heavy atom. The average Bonchev–Trinajstić information content (AvgIpc) is 2.76. The molecule has 194 valence electrons. The molecule has 3 rings (SSSR count). The summed E-state index contributed by atoms with van der Waals surface area (Å²) >= 11 is 0. The molecule has 0 saturated heterocycles.